The first kappa shape index (κ1) is 18.3. The molecule has 0 N–H and O–H groups in total. The third kappa shape index (κ3) is 3.17. The number of aromatic nitrogens is 2. The van der Waals surface area contributed by atoms with Crippen LogP contribution in [0.5, 0.6) is 0 Å². The van der Waals surface area contributed by atoms with Gasteiger partial charge >= 0.3 is 0 Å². The van der Waals surface area contributed by atoms with Crippen molar-refractivity contribution in [3.8, 4) is 0 Å². The molecule has 5 rings (SSSR count). The molecule has 1 aromatic heterocycles. The molecule has 0 amide bonds. The van der Waals surface area contributed by atoms with Gasteiger partial charge in [0.1, 0.15) is 5.54 Å². The van der Waals surface area contributed by atoms with Crippen LogP contribution in [0.25, 0.3) is 0 Å². The highest BCUT2D eigenvalue weighted by Gasteiger charge is 2.48. The van der Waals surface area contributed by atoms with Gasteiger partial charge in [0.2, 0.25) is 5.89 Å². The molecule has 1 atom stereocenters. The third-order valence-electron chi connectivity index (χ3n) is 6.85. The number of piperidine rings is 1. The molecule has 0 spiro atoms. The molecule has 0 unspecified atom stereocenters. The van der Waals surface area contributed by atoms with E-state index < -0.39 is 0 Å². The van der Waals surface area contributed by atoms with Crippen molar-refractivity contribution in [2.24, 2.45) is 0 Å². The quantitative estimate of drug-likeness (QED) is 0.810. The van der Waals surface area contributed by atoms with Crippen molar-refractivity contribution in [3.63, 3.8) is 0 Å². The lowest BCUT2D eigenvalue weighted by molar-refractivity contribution is 0.0178. The van der Waals surface area contributed by atoms with Gasteiger partial charge in [-0.2, -0.15) is 4.98 Å². The minimum absolute atomic E-state index is 0.156. The van der Waals surface area contributed by atoms with E-state index in [0.717, 1.165) is 63.9 Å². The fourth-order valence-electron chi connectivity index (χ4n) is 5.15. The topological polar surface area (TPSA) is 54.6 Å². The molecule has 3 heterocycles. The average molecular weight is 383 g/mol. The van der Waals surface area contributed by atoms with Crippen LogP contribution in [0.4, 0.5) is 0 Å². The molecule has 28 heavy (non-hydrogen) atoms. The normalized spacial score (nSPS) is 24.2. The summed E-state index contributed by atoms with van der Waals surface area (Å²) < 4.78 is 11.5. The highest BCUT2D eigenvalue weighted by molar-refractivity contribution is 5.38. The van der Waals surface area contributed by atoms with E-state index in [1.54, 1.807) is 0 Å². The van der Waals surface area contributed by atoms with Crippen LogP contribution in [-0.4, -0.2) is 59.3 Å². The van der Waals surface area contributed by atoms with Gasteiger partial charge < -0.3 is 9.26 Å². The number of ether oxygens (including phenoxy) is 1. The summed E-state index contributed by atoms with van der Waals surface area (Å²) in [6, 6.07) is 8.96. The highest BCUT2D eigenvalue weighted by atomic mass is 16.5. The second-order valence-corrected chi connectivity index (χ2v) is 8.48. The molecule has 6 heteroatoms. The van der Waals surface area contributed by atoms with Gasteiger partial charge in [0.15, 0.2) is 5.82 Å². The van der Waals surface area contributed by atoms with Crippen LogP contribution in [0.2, 0.25) is 0 Å². The van der Waals surface area contributed by atoms with Gasteiger partial charge in [-0.15, -0.1) is 0 Å². The van der Waals surface area contributed by atoms with E-state index in [9.17, 15) is 0 Å². The van der Waals surface area contributed by atoms with Crippen LogP contribution in [-0.2, 0) is 23.1 Å². The molecule has 1 aromatic carbocycles. The molecular formula is C22H30N4O2. The Labute approximate surface area is 166 Å². The Bertz CT molecular complexity index is 783. The standard InChI is InChI=1S/C22H30N4O2/c1-17(25-11-13-27-14-12-25)20-23-21(28-24-20)22(26-9-5-2-6-10-26)15-18-7-3-4-8-19(18)16-22/h3-4,7-8,17H,2,5-6,9-16H2,1H3/t17-/m0/s1. The number of morpholine rings is 1. The fourth-order valence-corrected chi connectivity index (χ4v) is 5.15. The van der Waals surface area contributed by atoms with Crippen molar-refractivity contribution in [2.45, 2.75) is 50.6 Å². The monoisotopic (exact) mass is 382 g/mol. The Hall–Kier alpha value is -1.76. The molecule has 2 aliphatic heterocycles. The van der Waals surface area contributed by atoms with Crippen LogP contribution in [0.3, 0.4) is 0 Å². The van der Waals surface area contributed by atoms with E-state index in [2.05, 4.69) is 46.1 Å². The zero-order valence-electron chi connectivity index (χ0n) is 16.8. The third-order valence-corrected chi connectivity index (χ3v) is 6.85. The number of hydrogen-bond donors (Lipinski definition) is 0. The summed E-state index contributed by atoms with van der Waals surface area (Å²) in [6.07, 6.45) is 5.77. The Balaban J connectivity index is 1.46. The van der Waals surface area contributed by atoms with Gasteiger partial charge in [0.05, 0.1) is 19.3 Å². The second-order valence-electron chi connectivity index (χ2n) is 8.48. The Kier molecular flexibility index (Phi) is 4.95. The molecule has 2 saturated heterocycles. The largest absolute Gasteiger partial charge is 0.379 e. The fraction of sp³-hybridized carbons (Fsp3) is 0.636. The van der Waals surface area contributed by atoms with Crippen LogP contribution in [0, 0.1) is 0 Å². The zero-order valence-corrected chi connectivity index (χ0v) is 16.8. The van der Waals surface area contributed by atoms with Crippen molar-refractivity contribution in [1.29, 1.82) is 0 Å². The molecule has 6 nitrogen and oxygen atoms in total. The first-order valence-electron chi connectivity index (χ1n) is 10.7. The van der Waals surface area contributed by atoms with Crippen molar-refractivity contribution in [3.05, 3.63) is 47.1 Å². The lowest BCUT2D eigenvalue weighted by Gasteiger charge is -2.40. The second kappa shape index (κ2) is 7.58. The van der Waals surface area contributed by atoms with Gasteiger partial charge in [0.25, 0.3) is 0 Å². The predicted octanol–water partition coefficient (Wildman–Crippen LogP) is 2.94. The van der Waals surface area contributed by atoms with Gasteiger partial charge in [-0.05, 0) is 44.0 Å². The molecule has 150 valence electrons. The molecule has 0 bridgehead atoms. The van der Waals surface area contributed by atoms with E-state index in [0.29, 0.717) is 0 Å². The van der Waals surface area contributed by atoms with Crippen LogP contribution in [0.15, 0.2) is 28.8 Å². The van der Waals surface area contributed by atoms with E-state index >= 15 is 0 Å². The maximum Gasteiger partial charge on any atom is 0.247 e. The summed E-state index contributed by atoms with van der Waals surface area (Å²) in [6.45, 7) is 7.82. The Morgan fingerprint density at radius 3 is 2.32 bits per heavy atom. The molecule has 2 aromatic rings. The minimum Gasteiger partial charge on any atom is -0.379 e. The molecule has 2 fully saturated rings. The highest BCUT2D eigenvalue weighted by Crippen LogP contribution is 2.43. The van der Waals surface area contributed by atoms with Crippen molar-refractivity contribution >= 4 is 0 Å². The number of hydrogen-bond acceptors (Lipinski definition) is 6. The molecule has 0 saturated carbocycles. The molecular weight excluding hydrogens is 352 g/mol. The van der Waals surface area contributed by atoms with E-state index in [-0.39, 0.29) is 11.6 Å². The van der Waals surface area contributed by atoms with Crippen LogP contribution in [0.1, 0.15) is 55.1 Å². The number of nitrogens with zero attached hydrogens (tertiary/aromatic N) is 4. The molecule has 3 aliphatic rings. The maximum atomic E-state index is 5.99. The predicted molar refractivity (Wildman–Crippen MR) is 106 cm³/mol. The van der Waals surface area contributed by atoms with Crippen molar-refractivity contribution in [1.82, 2.24) is 19.9 Å². The zero-order chi connectivity index (χ0) is 19.0. The summed E-state index contributed by atoms with van der Waals surface area (Å²) in [5.41, 5.74) is 2.67. The van der Waals surface area contributed by atoms with E-state index in [1.165, 1.54) is 30.4 Å². The first-order chi connectivity index (χ1) is 13.8. The summed E-state index contributed by atoms with van der Waals surface area (Å²) in [7, 11) is 0. The lowest BCUT2D eigenvalue weighted by atomic mass is 9.90. The van der Waals surface area contributed by atoms with E-state index in [4.69, 9.17) is 14.2 Å². The SMILES string of the molecule is C[C@@H](c1noc(C2(N3CCCCC3)Cc3ccccc3C2)n1)N1CCOCC1. The van der Waals surface area contributed by atoms with Crippen LogP contribution >= 0.6 is 0 Å². The summed E-state index contributed by atoms with van der Waals surface area (Å²) in [5.74, 6) is 1.62. The van der Waals surface area contributed by atoms with Gasteiger partial charge in [-0.1, -0.05) is 35.8 Å². The number of fused-ring (bicyclic) bond motifs is 1. The molecule has 0 radical (unpaired) electrons. The minimum atomic E-state index is -0.180. The van der Waals surface area contributed by atoms with Crippen LogP contribution < -0.4 is 0 Å². The number of benzene rings is 1. The van der Waals surface area contributed by atoms with E-state index in [1.807, 2.05) is 0 Å². The van der Waals surface area contributed by atoms with Gasteiger partial charge in [-0.3, -0.25) is 9.80 Å². The smallest absolute Gasteiger partial charge is 0.247 e. The van der Waals surface area contributed by atoms with Crippen molar-refractivity contribution in [2.75, 3.05) is 39.4 Å². The summed E-state index contributed by atoms with van der Waals surface area (Å²) in [5, 5.41) is 4.44. The summed E-state index contributed by atoms with van der Waals surface area (Å²) >= 11 is 0. The molecule has 1 aliphatic carbocycles. The maximum absolute atomic E-state index is 5.99. The Morgan fingerprint density at radius 2 is 1.64 bits per heavy atom. The number of rotatable bonds is 4. The number of likely N-dealkylation sites (tertiary alicyclic amines) is 1. The Morgan fingerprint density at radius 1 is 0.964 bits per heavy atom. The van der Waals surface area contributed by atoms with Gasteiger partial charge in [-0.25, -0.2) is 0 Å². The lowest BCUT2D eigenvalue weighted by Crippen LogP contribution is -2.49. The average Bonchev–Trinajstić information content (AvgIpc) is 3.40. The summed E-state index contributed by atoms with van der Waals surface area (Å²) in [4.78, 5) is 10.00. The van der Waals surface area contributed by atoms with Gasteiger partial charge in [0, 0.05) is 25.9 Å². The van der Waals surface area contributed by atoms with Crippen molar-refractivity contribution < 1.29 is 9.26 Å². The first-order valence-corrected chi connectivity index (χ1v) is 10.7.